The Labute approximate surface area is 160 Å². The van der Waals surface area contributed by atoms with Gasteiger partial charge >= 0.3 is 0 Å². The summed E-state index contributed by atoms with van der Waals surface area (Å²) >= 11 is 0. The largest absolute Gasteiger partial charge is 0.380 e. The van der Waals surface area contributed by atoms with Gasteiger partial charge in [-0.25, -0.2) is 8.42 Å². The summed E-state index contributed by atoms with van der Waals surface area (Å²) in [7, 11) is -3.53. The predicted molar refractivity (Wildman–Crippen MR) is 100 cm³/mol. The Hall–Kier alpha value is -1.87. The fraction of sp³-hybridized carbons (Fsp3) is 0.474. The van der Waals surface area contributed by atoms with E-state index in [1.54, 1.807) is 28.8 Å². The number of rotatable bonds is 4. The standard InChI is InChI=1S/C19H24N4O3S/c24-27(25,18-4-2-7-21-12-18)23-8-5-17-15-26-10-9-22(19(17)14-23)13-16-3-1-6-20-11-16/h1-4,6-7,11-12,17,19H,5,8-10,13-15H2/t17-,19-/m1/s1. The van der Waals surface area contributed by atoms with Crippen LogP contribution in [-0.4, -0.2) is 66.5 Å². The zero-order chi connectivity index (χ0) is 18.7. The van der Waals surface area contributed by atoms with Gasteiger partial charge in [0, 0.05) is 62.9 Å². The van der Waals surface area contributed by atoms with Crippen molar-refractivity contribution in [3.63, 3.8) is 0 Å². The van der Waals surface area contributed by atoms with Crippen LogP contribution in [0.15, 0.2) is 53.9 Å². The van der Waals surface area contributed by atoms with Gasteiger partial charge in [-0.05, 0) is 30.2 Å². The highest BCUT2D eigenvalue weighted by atomic mass is 32.2. The van der Waals surface area contributed by atoms with Gasteiger partial charge in [-0.15, -0.1) is 0 Å². The molecule has 0 unspecified atom stereocenters. The number of fused-ring (bicyclic) bond motifs is 1. The van der Waals surface area contributed by atoms with Crippen molar-refractivity contribution in [3.05, 3.63) is 54.6 Å². The number of pyridine rings is 2. The minimum atomic E-state index is -3.53. The molecule has 4 rings (SSSR count). The quantitative estimate of drug-likeness (QED) is 0.788. The molecular formula is C19H24N4O3S. The summed E-state index contributed by atoms with van der Waals surface area (Å²) in [6.07, 6.45) is 7.44. The lowest BCUT2D eigenvalue weighted by Gasteiger charge is -2.41. The minimum absolute atomic E-state index is 0.132. The van der Waals surface area contributed by atoms with E-state index in [0.717, 1.165) is 25.1 Å². The van der Waals surface area contributed by atoms with Crippen LogP contribution in [0.3, 0.4) is 0 Å². The topological polar surface area (TPSA) is 75.6 Å². The SMILES string of the molecule is O=S(=O)(c1cccnc1)N1CC[C@@H]2COCCN(Cc3cccnc3)[C@@H]2C1. The minimum Gasteiger partial charge on any atom is -0.380 e. The maximum absolute atomic E-state index is 13.0. The molecule has 0 aliphatic carbocycles. The third kappa shape index (κ3) is 4.03. The van der Waals surface area contributed by atoms with Crippen molar-refractivity contribution in [2.24, 2.45) is 5.92 Å². The Bertz CT molecular complexity index is 848. The first kappa shape index (κ1) is 18.5. The van der Waals surface area contributed by atoms with Gasteiger partial charge in [0.05, 0.1) is 13.2 Å². The molecule has 144 valence electrons. The van der Waals surface area contributed by atoms with E-state index in [4.69, 9.17) is 4.74 Å². The Morgan fingerprint density at radius 2 is 1.93 bits per heavy atom. The molecular weight excluding hydrogens is 364 g/mol. The molecule has 0 spiro atoms. The van der Waals surface area contributed by atoms with E-state index in [1.807, 2.05) is 12.3 Å². The molecule has 0 bridgehead atoms. The van der Waals surface area contributed by atoms with Crippen molar-refractivity contribution >= 4 is 10.0 Å². The second-order valence-corrected chi connectivity index (χ2v) is 9.01. The van der Waals surface area contributed by atoms with Crippen molar-refractivity contribution < 1.29 is 13.2 Å². The number of sulfonamides is 1. The maximum Gasteiger partial charge on any atom is 0.244 e. The Kier molecular flexibility index (Phi) is 5.49. The highest BCUT2D eigenvalue weighted by Crippen LogP contribution is 2.29. The van der Waals surface area contributed by atoms with E-state index < -0.39 is 10.0 Å². The summed E-state index contributed by atoms with van der Waals surface area (Å²) in [5.74, 6) is 0.338. The summed E-state index contributed by atoms with van der Waals surface area (Å²) in [5.41, 5.74) is 1.13. The average Bonchev–Trinajstić information content (AvgIpc) is 2.91. The van der Waals surface area contributed by atoms with Crippen LogP contribution in [0.5, 0.6) is 0 Å². The van der Waals surface area contributed by atoms with Gasteiger partial charge in [-0.1, -0.05) is 6.07 Å². The molecule has 7 nitrogen and oxygen atoms in total. The number of piperidine rings is 1. The number of nitrogens with zero attached hydrogens (tertiary/aromatic N) is 4. The van der Waals surface area contributed by atoms with E-state index in [1.165, 1.54) is 6.20 Å². The Morgan fingerprint density at radius 3 is 2.67 bits per heavy atom. The third-order valence-electron chi connectivity index (χ3n) is 5.39. The molecule has 2 aliphatic rings. The first-order valence-corrected chi connectivity index (χ1v) is 10.7. The fourth-order valence-corrected chi connectivity index (χ4v) is 5.37. The van der Waals surface area contributed by atoms with Crippen molar-refractivity contribution in [2.75, 3.05) is 32.8 Å². The normalized spacial score (nSPS) is 24.9. The van der Waals surface area contributed by atoms with Crippen LogP contribution in [0.4, 0.5) is 0 Å². The van der Waals surface area contributed by atoms with Gasteiger partial charge in [0.15, 0.2) is 0 Å². The van der Waals surface area contributed by atoms with Crippen LogP contribution in [0.25, 0.3) is 0 Å². The molecule has 2 atom stereocenters. The average molecular weight is 388 g/mol. The molecule has 0 radical (unpaired) electrons. The zero-order valence-corrected chi connectivity index (χ0v) is 16.0. The van der Waals surface area contributed by atoms with E-state index in [9.17, 15) is 8.42 Å². The van der Waals surface area contributed by atoms with E-state index >= 15 is 0 Å². The van der Waals surface area contributed by atoms with Crippen LogP contribution >= 0.6 is 0 Å². The number of hydrogen-bond acceptors (Lipinski definition) is 6. The monoisotopic (exact) mass is 388 g/mol. The smallest absolute Gasteiger partial charge is 0.244 e. The van der Waals surface area contributed by atoms with E-state index in [-0.39, 0.29) is 10.9 Å². The first-order valence-electron chi connectivity index (χ1n) is 9.25. The lowest BCUT2D eigenvalue weighted by molar-refractivity contribution is 0.0766. The molecule has 4 heterocycles. The molecule has 2 saturated heterocycles. The van der Waals surface area contributed by atoms with Crippen LogP contribution in [-0.2, 0) is 21.3 Å². The summed E-state index contributed by atoms with van der Waals surface area (Å²) in [4.78, 5) is 10.8. The molecule has 8 heteroatoms. The number of aromatic nitrogens is 2. The van der Waals surface area contributed by atoms with Gasteiger partial charge in [0.2, 0.25) is 10.0 Å². The number of hydrogen-bond donors (Lipinski definition) is 0. The molecule has 2 aromatic rings. The summed E-state index contributed by atoms with van der Waals surface area (Å²) in [6, 6.07) is 7.39. The summed E-state index contributed by atoms with van der Waals surface area (Å²) < 4.78 is 33.5. The first-order chi connectivity index (χ1) is 13.1. The highest BCUT2D eigenvalue weighted by Gasteiger charge is 2.39. The van der Waals surface area contributed by atoms with Crippen LogP contribution in [0.2, 0.25) is 0 Å². The highest BCUT2D eigenvalue weighted by molar-refractivity contribution is 7.89. The molecule has 0 N–H and O–H groups in total. The number of ether oxygens (including phenoxy) is 1. The van der Waals surface area contributed by atoms with Crippen LogP contribution in [0.1, 0.15) is 12.0 Å². The van der Waals surface area contributed by atoms with Crippen molar-refractivity contribution in [3.8, 4) is 0 Å². The van der Waals surface area contributed by atoms with Gasteiger partial charge in [0.25, 0.3) is 0 Å². The van der Waals surface area contributed by atoms with Crippen LogP contribution in [0, 0.1) is 5.92 Å². The van der Waals surface area contributed by atoms with Gasteiger partial charge < -0.3 is 4.74 Å². The lowest BCUT2D eigenvalue weighted by atomic mass is 9.92. The maximum atomic E-state index is 13.0. The van der Waals surface area contributed by atoms with Gasteiger partial charge in [0.1, 0.15) is 4.90 Å². The second kappa shape index (κ2) is 8.02. The van der Waals surface area contributed by atoms with Crippen molar-refractivity contribution in [1.29, 1.82) is 0 Å². The molecule has 2 aromatic heterocycles. The summed E-state index contributed by atoms with van der Waals surface area (Å²) in [5, 5.41) is 0. The molecule has 0 aromatic carbocycles. The Balaban J connectivity index is 1.56. The molecule has 0 amide bonds. The van der Waals surface area contributed by atoms with Crippen molar-refractivity contribution in [2.45, 2.75) is 23.9 Å². The van der Waals surface area contributed by atoms with Gasteiger partial charge in [-0.3, -0.25) is 14.9 Å². The predicted octanol–water partition coefficient (Wildman–Crippen LogP) is 1.39. The molecule has 0 saturated carbocycles. The fourth-order valence-electron chi connectivity index (χ4n) is 3.93. The molecule has 2 aliphatic heterocycles. The second-order valence-electron chi connectivity index (χ2n) is 7.07. The van der Waals surface area contributed by atoms with Gasteiger partial charge in [-0.2, -0.15) is 4.31 Å². The summed E-state index contributed by atoms with van der Waals surface area (Å²) in [6.45, 7) is 3.89. The zero-order valence-electron chi connectivity index (χ0n) is 15.1. The molecule has 2 fully saturated rings. The van der Waals surface area contributed by atoms with Crippen molar-refractivity contribution in [1.82, 2.24) is 19.2 Å². The molecule has 27 heavy (non-hydrogen) atoms. The van der Waals surface area contributed by atoms with Crippen LogP contribution < -0.4 is 0 Å². The Morgan fingerprint density at radius 1 is 1.11 bits per heavy atom. The van der Waals surface area contributed by atoms with E-state index in [2.05, 4.69) is 20.9 Å². The third-order valence-corrected chi connectivity index (χ3v) is 7.24. The lowest BCUT2D eigenvalue weighted by Crippen LogP contribution is -2.54. The van der Waals surface area contributed by atoms with E-state index in [0.29, 0.717) is 32.2 Å².